The van der Waals surface area contributed by atoms with Crippen LogP contribution in [0.2, 0.25) is 0 Å². The van der Waals surface area contributed by atoms with Crippen molar-refractivity contribution in [2.75, 3.05) is 4.90 Å². The molecule has 14 aromatic rings. The van der Waals surface area contributed by atoms with Crippen LogP contribution in [-0.4, -0.2) is 4.57 Å². The van der Waals surface area contributed by atoms with Crippen molar-refractivity contribution >= 4 is 135 Å². The number of nitrogens with zero attached hydrogens (tertiary/aromatic N) is 2. The number of benzene rings is 12. The van der Waals surface area contributed by atoms with Crippen LogP contribution in [0.3, 0.4) is 0 Å². The molecule has 0 saturated carbocycles. The van der Waals surface area contributed by atoms with Gasteiger partial charge in [-0.15, -0.1) is 11.3 Å². The first kappa shape index (κ1) is 34.7. The van der Waals surface area contributed by atoms with Crippen LogP contribution < -0.4 is 4.90 Å². The molecule has 0 saturated heterocycles. The van der Waals surface area contributed by atoms with Crippen LogP contribution in [0, 0.1) is 0 Å². The molecular formula is C60H36N2S. The van der Waals surface area contributed by atoms with Gasteiger partial charge in [-0.25, -0.2) is 0 Å². The van der Waals surface area contributed by atoms with Gasteiger partial charge in [-0.05, 0) is 132 Å². The Morgan fingerprint density at radius 3 is 1.63 bits per heavy atom. The molecule has 0 radical (unpaired) electrons. The highest BCUT2D eigenvalue weighted by Crippen LogP contribution is 2.46. The van der Waals surface area contributed by atoms with E-state index >= 15 is 0 Å². The average Bonchev–Trinajstić information content (AvgIpc) is 3.87. The molecule has 0 fully saturated rings. The van der Waals surface area contributed by atoms with Gasteiger partial charge in [-0.3, -0.25) is 0 Å². The van der Waals surface area contributed by atoms with E-state index in [9.17, 15) is 0 Å². The number of hydrogen-bond donors (Lipinski definition) is 0. The van der Waals surface area contributed by atoms with E-state index in [1.165, 1.54) is 112 Å². The minimum absolute atomic E-state index is 1.11. The van der Waals surface area contributed by atoms with Gasteiger partial charge in [0.1, 0.15) is 0 Å². The van der Waals surface area contributed by atoms with Crippen molar-refractivity contribution in [3.05, 3.63) is 218 Å². The first-order chi connectivity index (χ1) is 31.2. The standard InChI is InChI=1S/C60H36N2S/c1-2-13-40-33-60-54(31-39(40)12-1)55-36-44(26-30-59(55)63-60)62-56-20-10-9-19-51(56)53-35-43(25-29-57(53)62)61(58-32-41-14-4-6-16-46(41)47-17-7-8-18-50(47)58)42-24-21-38-23-27-48-45-15-5-3-11-37(45)22-28-49(48)52(38)34-42/h1-36H. The largest absolute Gasteiger partial charge is 0.310 e. The fourth-order valence-electron chi connectivity index (χ4n) is 10.6. The quantitative estimate of drug-likeness (QED) is 0.161. The van der Waals surface area contributed by atoms with E-state index in [0.717, 1.165) is 17.1 Å². The zero-order chi connectivity index (χ0) is 41.2. The Hall–Kier alpha value is -7.98. The second kappa shape index (κ2) is 13.3. The lowest BCUT2D eigenvalue weighted by molar-refractivity contribution is 1.19. The van der Waals surface area contributed by atoms with E-state index in [0.29, 0.717) is 0 Å². The van der Waals surface area contributed by atoms with E-state index in [1.807, 2.05) is 11.3 Å². The SMILES string of the molecule is c1ccc2cc3c(cc2c1)sc1ccc(-n2c4ccccc4c4cc(N(c5ccc6ccc7c8ccccc8ccc7c6c5)c5cc6ccccc6c6ccccc56)ccc42)cc13. The van der Waals surface area contributed by atoms with E-state index in [4.69, 9.17) is 0 Å². The maximum atomic E-state index is 2.49. The molecule has 0 spiro atoms. The molecule has 14 rings (SSSR count). The van der Waals surface area contributed by atoms with Gasteiger partial charge in [0.15, 0.2) is 0 Å². The Labute approximate surface area is 366 Å². The Kier molecular flexibility index (Phi) is 7.30. The summed E-state index contributed by atoms with van der Waals surface area (Å²) in [6.45, 7) is 0. The molecule has 63 heavy (non-hydrogen) atoms. The molecular weight excluding hydrogens is 781 g/mol. The van der Waals surface area contributed by atoms with E-state index < -0.39 is 0 Å². The minimum atomic E-state index is 1.11. The normalized spacial score (nSPS) is 12.1. The Bertz CT molecular complexity index is 4230. The van der Waals surface area contributed by atoms with E-state index in [-0.39, 0.29) is 0 Å². The number of rotatable bonds is 4. The summed E-state index contributed by atoms with van der Waals surface area (Å²) in [5.74, 6) is 0. The van der Waals surface area contributed by atoms with E-state index in [1.54, 1.807) is 0 Å². The maximum absolute atomic E-state index is 2.49. The maximum Gasteiger partial charge on any atom is 0.0546 e. The molecule has 0 atom stereocenters. The third-order valence-corrected chi connectivity index (χ3v) is 14.6. The number of anilines is 3. The van der Waals surface area contributed by atoms with Crippen LogP contribution in [-0.2, 0) is 0 Å². The van der Waals surface area contributed by atoms with Gasteiger partial charge in [-0.2, -0.15) is 0 Å². The van der Waals surface area contributed by atoms with Crippen molar-refractivity contribution in [3.8, 4) is 5.69 Å². The summed E-state index contributed by atoms with van der Waals surface area (Å²) >= 11 is 1.88. The fraction of sp³-hybridized carbons (Fsp3) is 0. The monoisotopic (exact) mass is 816 g/mol. The predicted octanol–water partition coefficient (Wildman–Crippen LogP) is 17.5. The van der Waals surface area contributed by atoms with Crippen LogP contribution >= 0.6 is 11.3 Å². The summed E-state index contributed by atoms with van der Waals surface area (Å²) in [7, 11) is 0. The highest BCUT2D eigenvalue weighted by atomic mass is 32.1. The summed E-state index contributed by atoms with van der Waals surface area (Å²) in [5, 5.41) is 20.1. The number of hydrogen-bond acceptors (Lipinski definition) is 2. The number of aromatic nitrogens is 1. The van der Waals surface area contributed by atoms with Crippen molar-refractivity contribution in [2.45, 2.75) is 0 Å². The Morgan fingerprint density at radius 2 is 0.825 bits per heavy atom. The molecule has 3 heteroatoms. The fourth-order valence-corrected chi connectivity index (χ4v) is 11.7. The van der Waals surface area contributed by atoms with Gasteiger partial charge in [0.25, 0.3) is 0 Å². The summed E-state index contributed by atoms with van der Waals surface area (Å²) in [5.41, 5.74) is 6.93. The lowest BCUT2D eigenvalue weighted by atomic mass is 9.96. The van der Waals surface area contributed by atoms with Crippen molar-refractivity contribution in [3.63, 3.8) is 0 Å². The second-order valence-corrected chi connectivity index (χ2v) is 18.0. The van der Waals surface area contributed by atoms with Crippen LogP contribution in [0.1, 0.15) is 0 Å². The molecule has 0 unspecified atom stereocenters. The summed E-state index contributed by atoms with van der Waals surface area (Å²) in [6.07, 6.45) is 0. The van der Waals surface area contributed by atoms with Gasteiger partial charge in [0.05, 0.1) is 16.7 Å². The van der Waals surface area contributed by atoms with Crippen molar-refractivity contribution in [2.24, 2.45) is 0 Å². The van der Waals surface area contributed by atoms with Crippen molar-refractivity contribution in [1.29, 1.82) is 0 Å². The Balaban J connectivity index is 1.02. The van der Waals surface area contributed by atoms with Gasteiger partial charge >= 0.3 is 0 Å². The van der Waals surface area contributed by atoms with Crippen LogP contribution in [0.4, 0.5) is 17.1 Å². The van der Waals surface area contributed by atoms with Crippen LogP contribution in [0.5, 0.6) is 0 Å². The number of thiophene rings is 1. The van der Waals surface area contributed by atoms with Crippen LogP contribution in [0.25, 0.3) is 112 Å². The highest BCUT2D eigenvalue weighted by Gasteiger charge is 2.21. The van der Waals surface area contributed by atoms with Crippen molar-refractivity contribution in [1.82, 2.24) is 4.57 Å². The Morgan fingerprint density at radius 1 is 0.286 bits per heavy atom. The molecule has 2 heterocycles. The summed E-state index contributed by atoms with van der Waals surface area (Å²) < 4.78 is 5.09. The molecule has 2 aromatic heterocycles. The highest BCUT2D eigenvalue weighted by molar-refractivity contribution is 7.25. The molecule has 292 valence electrons. The predicted molar refractivity (Wildman–Crippen MR) is 273 cm³/mol. The van der Waals surface area contributed by atoms with Gasteiger partial charge in [-0.1, -0.05) is 146 Å². The molecule has 2 nitrogen and oxygen atoms in total. The lowest BCUT2D eigenvalue weighted by Gasteiger charge is -2.28. The number of fused-ring (bicyclic) bond motifs is 15. The topological polar surface area (TPSA) is 8.17 Å². The molecule has 0 bridgehead atoms. The minimum Gasteiger partial charge on any atom is -0.310 e. The number of para-hydroxylation sites is 1. The summed E-state index contributed by atoms with van der Waals surface area (Å²) in [6, 6.07) is 81.3. The average molecular weight is 817 g/mol. The van der Waals surface area contributed by atoms with Gasteiger partial charge in [0, 0.05) is 53.4 Å². The zero-order valence-electron chi connectivity index (χ0n) is 34.1. The van der Waals surface area contributed by atoms with Gasteiger partial charge in [0.2, 0.25) is 0 Å². The van der Waals surface area contributed by atoms with E-state index in [2.05, 4.69) is 228 Å². The molecule has 0 N–H and O–H groups in total. The third kappa shape index (κ3) is 5.18. The van der Waals surface area contributed by atoms with Crippen molar-refractivity contribution < 1.29 is 0 Å². The zero-order valence-corrected chi connectivity index (χ0v) is 34.9. The smallest absolute Gasteiger partial charge is 0.0546 e. The molecule has 0 aliphatic heterocycles. The third-order valence-electron chi connectivity index (χ3n) is 13.5. The molecule has 0 amide bonds. The van der Waals surface area contributed by atoms with Gasteiger partial charge < -0.3 is 9.47 Å². The first-order valence-electron chi connectivity index (χ1n) is 21.7. The molecule has 12 aromatic carbocycles. The molecule has 0 aliphatic rings. The molecule has 0 aliphatic carbocycles. The first-order valence-corrected chi connectivity index (χ1v) is 22.5. The second-order valence-electron chi connectivity index (χ2n) is 16.9. The summed E-state index contributed by atoms with van der Waals surface area (Å²) in [4.78, 5) is 2.49. The van der Waals surface area contributed by atoms with Crippen LogP contribution in [0.15, 0.2) is 218 Å². The lowest BCUT2D eigenvalue weighted by Crippen LogP contribution is -2.11.